The van der Waals surface area contributed by atoms with Crippen LogP contribution in [-0.2, 0) is 4.74 Å². The van der Waals surface area contributed by atoms with E-state index in [1.807, 2.05) is 0 Å². The summed E-state index contributed by atoms with van der Waals surface area (Å²) in [5.74, 6) is -2.60. The van der Waals surface area contributed by atoms with Gasteiger partial charge in [0.25, 0.3) is 0 Å². The maximum atomic E-state index is 13.2. The minimum Gasteiger partial charge on any atom is -0.505 e. The van der Waals surface area contributed by atoms with E-state index in [2.05, 4.69) is 5.32 Å². The number of carbonyl (C=O) groups is 1. The van der Waals surface area contributed by atoms with Gasteiger partial charge >= 0.3 is 6.09 Å². The number of rotatable bonds is 2. The van der Waals surface area contributed by atoms with Crippen molar-refractivity contribution in [1.82, 2.24) is 5.32 Å². The van der Waals surface area contributed by atoms with E-state index in [0.717, 1.165) is 6.07 Å². The first-order valence-electron chi connectivity index (χ1n) is 5.77. The van der Waals surface area contributed by atoms with E-state index in [-0.39, 0.29) is 5.56 Å². The number of aromatic hydroxyl groups is 1. The molecule has 106 valence electrons. The predicted molar refractivity (Wildman–Crippen MR) is 65.8 cm³/mol. The highest BCUT2D eigenvalue weighted by atomic mass is 19.1. The summed E-state index contributed by atoms with van der Waals surface area (Å²) in [4.78, 5) is 11.5. The van der Waals surface area contributed by atoms with Crippen LogP contribution in [0.5, 0.6) is 5.75 Å². The van der Waals surface area contributed by atoms with Crippen LogP contribution >= 0.6 is 0 Å². The molecule has 0 saturated heterocycles. The molecule has 0 aliphatic carbocycles. The number of alkyl carbamates (subject to hydrolysis) is 1. The molecular formula is C13H17F2NO3. The molecule has 1 atom stereocenters. The van der Waals surface area contributed by atoms with Gasteiger partial charge in [-0.05, 0) is 33.8 Å². The van der Waals surface area contributed by atoms with Crippen molar-refractivity contribution in [3.05, 3.63) is 29.3 Å². The number of hydrogen-bond donors (Lipinski definition) is 2. The van der Waals surface area contributed by atoms with Gasteiger partial charge in [0, 0.05) is 11.6 Å². The van der Waals surface area contributed by atoms with Crippen LogP contribution < -0.4 is 5.32 Å². The van der Waals surface area contributed by atoms with Gasteiger partial charge in [-0.2, -0.15) is 0 Å². The monoisotopic (exact) mass is 273 g/mol. The maximum Gasteiger partial charge on any atom is 0.408 e. The van der Waals surface area contributed by atoms with Gasteiger partial charge in [0.2, 0.25) is 0 Å². The van der Waals surface area contributed by atoms with Gasteiger partial charge in [0.15, 0.2) is 11.6 Å². The van der Waals surface area contributed by atoms with Gasteiger partial charge in [-0.1, -0.05) is 0 Å². The second-order valence-electron chi connectivity index (χ2n) is 5.19. The average molecular weight is 273 g/mol. The maximum absolute atomic E-state index is 13.2. The Morgan fingerprint density at radius 2 is 1.95 bits per heavy atom. The van der Waals surface area contributed by atoms with Crippen LogP contribution in [0.4, 0.5) is 13.6 Å². The normalized spacial score (nSPS) is 12.9. The Labute approximate surface area is 110 Å². The van der Waals surface area contributed by atoms with Crippen molar-refractivity contribution in [3.8, 4) is 5.75 Å². The topological polar surface area (TPSA) is 58.6 Å². The predicted octanol–water partition coefficient (Wildman–Crippen LogP) is 3.26. The number of nitrogens with one attached hydrogen (secondary N) is 1. The Morgan fingerprint density at radius 1 is 1.37 bits per heavy atom. The lowest BCUT2D eigenvalue weighted by Gasteiger charge is -2.22. The number of ether oxygens (including phenoxy) is 1. The molecule has 19 heavy (non-hydrogen) atoms. The largest absolute Gasteiger partial charge is 0.505 e. The van der Waals surface area contributed by atoms with Crippen LogP contribution in [0.25, 0.3) is 0 Å². The summed E-state index contributed by atoms with van der Waals surface area (Å²) in [5, 5.41) is 11.9. The van der Waals surface area contributed by atoms with Crippen LogP contribution in [0.3, 0.4) is 0 Å². The highest BCUT2D eigenvalue weighted by Gasteiger charge is 2.21. The lowest BCUT2D eigenvalue weighted by atomic mass is 10.1. The Morgan fingerprint density at radius 3 is 2.47 bits per heavy atom. The molecule has 0 aliphatic rings. The zero-order chi connectivity index (χ0) is 14.8. The molecule has 1 rings (SSSR count). The van der Waals surface area contributed by atoms with Crippen LogP contribution in [0.2, 0.25) is 0 Å². The molecule has 0 aromatic heterocycles. The quantitative estimate of drug-likeness (QED) is 0.869. The number of amides is 1. The van der Waals surface area contributed by atoms with Gasteiger partial charge in [-0.3, -0.25) is 0 Å². The fourth-order valence-electron chi connectivity index (χ4n) is 1.48. The van der Waals surface area contributed by atoms with Crippen molar-refractivity contribution in [3.63, 3.8) is 0 Å². The number of benzene rings is 1. The van der Waals surface area contributed by atoms with Crippen LogP contribution in [0.15, 0.2) is 12.1 Å². The zero-order valence-corrected chi connectivity index (χ0v) is 11.3. The van der Waals surface area contributed by atoms with Crippen molar-refractivity contribution in [2.24, 2.45) is 0 Å². The summed E-state index contributed by atoms with van der Waals surface area (Å²) in [6.07, 6.45) is -0.732. The van der Waals surface area contributed by atoms with Crippen LogP contribution in [-0.4, -0.2) is 16.8 Å². The lowest BCUT2D eigenvalue weighted by molar-refractivity contribution is 0.0507. The molecule has 0 aliphatic heterocycles. The van der Waals surface area contributed by atoms with E-state index >= 15 is 0 Å². The zero-order valence-electron chi connectivity index (χ0n) is 11.3. The number of carbonyl (C=O) groups excluding carboxylic acids is 1. The van der Waals surface area contributed by atoms with E-state index in [1.165, 1.54) is 6.92 Å². The van der Waals surface area contributed by atoms with E-state index in [0.29, 0.717) is 6.07 Å². The van der Waals surface area contributed by atoms with E-state index in [1.54, 1.807) is 20.8 Å². The van der Waals surface area contributed by atoms with E-state index in [9.17, 15) is 18.7 Å². The summed E-state index contributed by atoms with van der Waals surface area (Å²) in [5.41, 5.74) is -0.734. The van der Waals surface area contributed by atoms with Gasteiger partial charge in [0.1, 0.15) is 11.4 Å². The standard InChI is InChI=1S/C13H17F2NO3/c1-7(16-12(18)19-13(2,3)4)9-5-8(14)6-10(15)11(9)17/h5-7,17H,1-4H3,(H,16,18). The second-order valence-corrected chi connectivity index (χ2v) is 5.19. The van der Waals surface area contributed by atoms with Crippen molar-refractivity contribution >= 4 is 6.09 Å². The fraction of sp³-hybridized carbons (Fsp3) is 0.462. The minimum absolute atomic E-state index is 0.0524. The molecule has 0 radical (unpaired) electrons. The molecule has 2 N–H and O–H groups in total. The summed E-state index contributed by atoms with van der Waals surface area (Å²) in [6, 6.07) is 0.736. The van der Waals surface area contributed by atoms with Crippen LogP contribution in [0, 0.1) is 11.6 Å². The summed E-state index contributed by atoms with van der Waals surface area (Å²) >= 11 is 0. The number of phenols is 1. The van der Waals surface area contributed by atoms with Crippen molar-refractivity contribution in [2.45, 2.75) is 39.3 Å². The fourth-order valence-corrected chi connectivity index (χ4v) is 1.48. The molecule has 4 nitrogen and oxygen atoms in total. The summed E-state index contributed by atoms with van der Waals surface area (Å²) < 4.78 is 31.3. The molecule has 0 bridgehead atoms. The van der Waals surface area contributed by atoms with Gasteiger partial charge < -0.3 is 15.2 Å². The third kappa shape index (κ3) is 4.39. The highest BCUT2D eigenvalue weighted by Crippen LogP contribution is 2.28. The molecule has 1 unspecified atom stereocenters. The van der Waals surface area contributed by atoms with Gasteiger partial charge in [-0.25, -0.2) is 13.6 Å². The third-order valence-corrected chi connectivity index (χ3v) is 2.26. The molecule has 1 amide bonds. The number of hydrogen-bond acceptors (Lipinski definition) is 3. The molecule has 6 heteroatoms. The molecular weight excluding hydrogens is 256 g/mol. The first-order valence-corrected chi connectivity index (χ1v) is 5.77. The summed E-state index contributed by atoms with van der Waals surface area (Å²) in [6.45, 7) is 6.56. The van der Waals surface area contributed by atoms with Crippen LogP contribution in [0.1, 0.15) is 39.3 Å². The molecule has 0 spiro atoms. The highest BCUT2D eigenvalue weighted by molar-refractivity contribution is 5.68. The lowest BCUT2D eigenvalue weighted by Crippen LogP contribution is -2.34. The van der Waals surface area contributed by atoms with E-state index in [4.69, 9.17) is 4.74 Å². The van der Waals surface area contributed by atoms with E-state index < -0.39 is 35.1 Å². The SMILES string of the molecule is CC(NC(=O)OC(C)(C)C)c1cc(F)cc(F)c1O. The Hall–Kier alpha value is -1.85. The average Bonchev–Trinajstić information content (AvgIpc) is 2.20. The smallest absolute Gasteiger partial charge is 0.408 e. The Kier molecular flexibility index (Phi) is 4.34. The number of halogens is 2. The second kappa shape index (κ2) is 5.42. The Balaban J connectivity index is 2.84. The summed E-state index contributed by atoms with van der Waals surface area (Å²) in [7, 11) is 0. The molecule has 0 fully saturated rings. The number of phenolic OH excluding ortho intramolecular Hbond substituents is 1. The molecule has 1 aromatic carbocycles. The molecule has 0 heterocycles. The first kappa shape index (κ1) is 15.2. The van der Waals surface area contributed by atoms with Gasteiger partial charge in [-0.15, -0.1) is 0 Å². The van der Waals surface area contributed by atoms with Crippen molar-refractivity contribution in [1.29, 1.82) is 0 Å². The van der Waals surface area contributed by atoms with Crippen molar-refractivity contribution < 1.29 is 23.4 Å². The Bertz CT molecular complexity index is 484. The third-order valence-electron chi connectivity index (χ3n) is 2.26. The minimum atomic E-state index is -1.08. The van der Waals surface area contributed by atoms with Gasteiger partial charge in [0.05, 0.1) is 6.04 Å². The first-order chi connectivity index (χ1) is 8.60. The molecule has 0 saturated carbocycles. The molecule has 1 aromatic rings. The van der Waals surface area contributed by atoms with Crippen molar-refractivity contribution in [2.75, 3.05) is 0 Å².